The van der Waals surface area contributed by atoms with Crippen LogP contribution in [0.1, 0.15) is 34.8 Å². The predicted octanol–water partition coefficient (Wildman–Crippen LogP) is 4.71. The lowest BCUT2D eigenvalue weighted by molar-refractivity contribution is -0.119. The van der Waals surface area contributed by atoms with Gasteiger partial charge in [0.1, 0.15) is 0 Å². The molecule has 2 N–H and O–H groups in total. The Hall–Kier alpha value is -4.43. The van der Waals surface area contributed by atoms with E-state index in [9.17, 15) is 14.4 Å². The summed E-state index contributed by atoms with van der Waals surface area (Å²) in [5, 5.41) is 6.31. The summed E-state index contributed by atoms with van der Waals surface area (Å²) in [5.41, 5.74) is 5.12. The Labute approximate surface area is 222 Å². The van der Waals surface area contributed by atoms with Crippen LogP contribution in [0.5, 0.6) is 0 Å². The lowest BCUT2D eigenvalue weighted by Crippen LogP contribution is -2.38. The number of rotatable bonds is 9. The first kappa shape index (κ1) is 26.6. The fourth-order valence-electron chi connectivity index (χ4n) is 4.40. The second kappa shape index (κ2) is 11.7. The van der Waals surface area contributed by atoms with E-state index in [4.69, 9.17) is 4.74 Å². The maximum absolute atomic E-state index is 13.2. The van der Waals surface area contributed by atoms with Crippen molar-refractivity contribution in [3.8, 4) is 0 Å². The summed E-state index contributed by atoms with van der Waals surface area (Å²) < 4.78 is 4.82. The maximum Gasteiger partial charge on any atom is 0.337 e. The minimum atomic E-state index is -0.470. The van der Waals surface area contributed by atoms with E-state index in [0.29, 0.717) is 41.2 Å². The summed E-state index contributed by atoms with van der Waals surface area (Å²) in [6.45, 7) is 3.00. The molecule has 0 unspecified atom stereocenters. The third-order valence-corrected chi connectivity index (χ3v) is 6.15. The number of hydrogen-bond donors (Lipinski definition) is 2. The number of benzene rings is 3. The number of methoxy groups -OCH3 is 1. The van der Waals surface area contributed by atoms with Crippen molar-refractivity contribution in [2.45, 2.75) is 13.3 Å². The first-order valence-electron chi connectivity index (χ1n) is 12.5. The third kappa shape index (κ3) is 5.76. The zero-order valence-corrected chi connectivity index (χ0v) is 22.1. The summed E-state index contributed by atoms with van der Waals surface area (Å²) in [6.07, 6.45) is 0.843. The zero-order chi connectivity index (χ0) is 27.2. The molecule has 0 saturated carbocycles. The number of esters is 1. The molecule has 8 nitrogen and oxygen atoms in total. The number of nitrogens with one attached hydrogen (secondary N) is 2. The molecule has 3 aromatic rings. The molecule has 0 saturated heterocycles. The number of hydrogen-bond acceptors (Lipinski definition) is 6. The van der Waals surface area contributed by atoms with Crippen molar-refractivity contribution in [2.75, 3.05) is 49.8 Å². The van der Waals surface area contributed by atoms with Crippen LogP contribution in [0.15, 0.2) is 72.8 Å². The molecule has 0 aromatic heterocycles. The molecule has 0 aliphatic carbocycles. The Bertz CT molecular complexity index is 1360. The first-order chi connectivity index (χ1) is 18.3. The van der Waals surface area contributed by atoms with Crippen molar-refractivity contribution in [3.05, 3.63) is 89.5 Å². The summed E-state index contributed by atoms with van der Waals surface area (Å²) in [6, 6.07) is 22.2. The second-order valence-corrected chi connectivity index (χ2v) is 9.28. The van der Waals surface area contributed by atoms with Crippen LogP contribution in [-0.2, 0) is 14.3 Å². The molecule has 1 aliphatic heterocycles. The van der Waals surface area contributed by atoms with Crippen LogP contribution in [0.2, 0.25) is 0 Å². The third-order valence-electron chi connectivity index (χ3n) is 6.15. The molecule has 3 aromatic carbocycles. The molecule has 0 atom stereocenters. The normalized spacial score (nSPS) is 13.6. The summed E-state index contributed by atoms with van der Waals surface area (Å²) in [4.78, 5) is 41.6. The van der Waals surface area contributed by atoms with Gasteiger partial charge in [0.05, 0.1) is 36.2 Å². The SMILES string of the molecule is CCCN(C(=O)CN(C)C)c1ccc(NC(=C2C(=O)Nc3cc(C(=O)OC)ccc32)c2ccccc2)cc1. The van der Waals surface area contributed by atoms with Gasteiger partial charge in [0.2, 0.25) is 5.91 Å². The van der Waals surface area contributed by atoms with Crippen LogP contribution in [-0.4, -0.2) is 57.0 Å². The van der Waals surface area contributed by atoms with Gasteiger partial charge in [-0.1, -0.05) is 43.3 Å². The highest BCUT2D eigenvalue weighted by atomic mass is 16.5. The molecular formula is C30H32N4O4. The molecule has 0 bridgehead atoms. The first-order valence-corrected chi connectivity index (χ1v) is 12.5. The zero-order valence-electron chi connectivity index (χ0n) is 22.1. The van der Waals surface area contributed by atoms with Crippen LogP contribution < -0.4 is 15.5 Å². The smallest absolute Gasteiger partial charge is 0.337 e. The number of likely N-dealkylation sites (N-methyl/N-ethyl adjacent to an activating group) is 1. The lowest BCUT2D eigenvalue weighted by Gasteiger charge is -2.24. The molecule has 2 amide bonds. The molecule has 4 rings (SSSR count). The number of ether oxygens (including phenoxy) is 1. The number of carbonyl (C=O) groups is 3. The molecular weight excluding hydrogens is 480 g/mol. The maximum atomic E-state index is 13.2. The summed E-state index contributed by atoms with van der Waals surface area (Å²) in [5.74, 6) is -0.703. The molecule has 8 heteroatoms. The topological polar surface area (TPSA) is 91.0 Å². The van der Waals surface area contributed by atoms with Crippen molar-refractivity contribution in [3.63, 3.8) is 0 Å². The Morgan fingerprint density at radius 3 is 2.29 bits per heavy atom. The molecule has 196 valence electrons. The Morgan fingerprint density at radius 2 is 1.66 bits per heavy atom. The molecule has 1 heterocycles. The van der Waals surface area contributed by atoms with Crippen molar-refractivity contribution < 1.29 is 19.1 Å². The quantitative estimate of drug-likeness (QED) is 0.319. The second-order valence-electron chi connectivity index (χ2n) is 9.28. The summed E-state index contributed by atoms with van der Waals surface area (Å²) >= 11 is 0. The number of fused-ring (bicyclic) bond motifs is 1. The standard InChI is InChI=1S/C30H32N4O4/c1-5-17-34(26(35)19-33(2)3)23-14-12-22(13-15-23)31-28(20-9-7-6-8-10-20)27-24-16-11-21(30(37)38-4)18-25(24)32-29(27)36/h6-16,18,31H,5,17,19H2,1-4H3,(H,32,36). The molecule has 38 heavy (non-hydrogen) atoms. The van der Waals surface area contributed by atoms with E-state index in [2.05, 4.69) is 10.6 Å². The average Bonchev–Trinajstić information content (AvgIpc) is 3.25. The highest BCUT2D eigenvalue weighted by Gasteiger charge is 2.29. The van der Waals surface area contributed by atoms with Crippen LogP contribution in [0, 0.1) is 0 Å². The van der Waals surface area contributed by atoms with Crippen LogP contribution in [0.4, 0.5) is 17.1 Å². The number of anilines is 3. The predicted molar refractivity (Wildman–Crippen MR) is 151 cm³/mol. The highest BCUT2D eigenvalue weighted by Crippen LogP contribution is 2.38. The summed E-state index contributed by atoms with van der Waals surface area (Å²) in [7, 11) is 5.07. The van der Waals surface area contributed by atoms with Gasteiger partial charge in [-0.25, -0.2) is 4.79 Å². The molecule has 0 spiro atoms. The Kier molecular flexibility index (Phi) is 8.23. The number of nitrogens with zero attached hydrogens (tertiary/aromatic N) is 2. The minimum Gasteiger partial charge on any atom is -0.465 e. The van der Waals surface area contributed by atoms with Crippen LogP contribution in [0.25, 0.3) is 11.3 Å². The minimum absolute atomic E-state index is 0.0372. The van der Waals surface area contributed by atoms with Crippen LogP contribution >= 0.6 is 0 Å². The van der Waals surface area contributed by atoms with Gasteiger partial charge in [-0.2, -0.15) is 0 Å². The van der Waals surface area contributed by atoms with Gasteiger partial charge in [0, 0.05) is 23.5 Å². The van der Waals surface area contributed by atoms with Crippen molar-refractivity contribution >= 4 is 46.1 Å². The average molecular weight is 513 g/mol. The van der Waals surface area contributed by atoms with Gasteiger partial charge in [0.15, 0.2) is 0 Å². The van der Waals surface area contributed by atoms with E-state index in [1.54, 1.807) is 23.1 Å². The largest absolute Gasteiger partial charge is 0.465 e. The fraction of sp³-hybridized carbons (Fsp3) is 0.233. The fourth-order valence-corrected chi connectivity index (χ4v) is 4.40. The van der Waals surface area contributed by atoms with Gasteiger partial charge < -0.3 is 25.2 Å². The van der Waals surface area contributed by atoms with E-state index in [1.807, 2.05) is 80.5 Å². The Balaban J connectivity index is 1.72. The highest BCUT2D eigenvalue weighted by molar-refractivity contribution is 6.37. The van der Waals surface area contributed by atoms with Gasteiger partial charge in [-0.3, -0.25) is 9.59 Å². The number of amides is 2. The van der Waals surface area contributed by atoms with Gasteiger partial charge in [-0.15, -0.1) is 0 Å². The van der Waals surface area contributed by atoms with E-state index in [-0.39, 0.29) is 11.8 Å². The van der Waals surface area contributed by atoms with E-state index >= 15 is 0 Å². The van der Waals surface area contributed by atoms with Crippen molar-refractivity contribution in [2.24, 2.45) is 0 Å². The van der Waals surface area contributed by atoms with E-state index in [1.165, 1.54) is 7.11 Å². The molecule has 0 fully saturated rings. The Morgan fingerprint density at radius 1 is 0.947 bits per heavy atom. The molecule has 0 radical (unpaired) electrons. The molecule has 1 aliphatic rings. The lowest BCUT2D eigenvalue weighted by atomic mass is 9.99. The van der Waals surface area contributed by atoms with Gasteiger partial charge in [-0.05, 0) is 62.5 Å². The monoisotopic (exact) mass is 512 g/mol. The van der Waals surface area contributed by atoms with Gasteiger partial charge in [0.25, 0.3) is 5.91 Å². The van der Waals surface area contributed by atoms with Gasteiger partial charge >= 0.3 is 5.97 Å². The van der Waals surface area contributed by atoms with E-state index < -0.39 is 5.97 Å². The van der Waals surface area contributed by atoms with Crippen molar-refractivity contribution in [1.82, 2.24) is 4.90 Å². The number of carbonyl (C=O) groups excluding carboxylic acids is 3. The van der Waals surface area contributed by atoms with Crippen LogP contribution in [0.3, 0.4) is 0 Å². The van der Waals surface area contributed by atoms with Crippen molar-refractivity contribution in [1.29, 1.82) is 0 Å². The van der Waals surface area contributed by atoms with E-state index in [0.717, 1.165) is 23.4 Å².